The van der Waals surface area contributed by atoms with Gasteiger partial charge in [0.2, 0.25) is 0 Å². The van der Waals surface area contributed by atoms with E-state index in [2.05, 4.69) is 15.3 Å². The summed E-state index contributed by atoms with van der Waals surface area (Å²) >= 11 is 0. The normalized spacial score (nSPS) is 19.6. The van der Waals surface area contributed by atoms with Crippen LogP contribution in [0.1, 0.15) is 54.2 Å². The molecule has 1 aromatic heterocycles. The molecule has 1 heterocycles. The number of carbonyl (C=O) groups is 1. The Morgan fingerprint density at radius 3 is 2.65 bits per heavy atom. The predicted octanol–water partition coefficient (Wildman–Crippen LogP) is 1.90. The maximum absolute atomic E-state index is 12.0. The van der Waals surface area contributed by atoms with Gasteiger partial charge in [0, 0.05) is 32.0 Å². The molecule has 1 aromatic rings. The molecule has 5 heteroatoms. The van der Waals surface area contributed by atoms with Crippen LogP contribution in [0.5, 0.6) is 0 Å². The zero-order valence-electron chi connectivity index (χ0n) is 11.9. The third-order valence-corrected chi connectivity index (χ3v) is 4.23. The Bertz CT molecular complexity index is 478. The SMILES string of the molecule is COCC1(CCNC(=O)c2cnc(C3CC3)nc2)CC1. The van der Waals surface area contributed by atoms with Crippen LogP contribution in [0.3, 0.4) is 0 Å². The number of amides is 1. The largest absolute Gasteiger partial charge is 0.384 e. The maximum atomic E-state index is 12.0. The van der Waals surface area contributed by atoms with Crippen molar-refractivity contribution in [3.63, 3.8) is 0 Å². The van der Waals surface area contributed by atoms with Crippen LogP contribution in [-0.2, 0) is 4.74 Å². The average molecular weight is 275 g/mol. The van der Waals surface area contributed by atoms with E-state index >= 15 is 0 Å². The van der Waals surface area contributed by atoms with Gasteiger partial charge in [-0.25, -0.2) is 9.97 Å². The Morgan fingerprint density at radius 2 is 2.10 bits per heavy atom. The molecule has 0 radical (unpaired) electrons. The molecule has 2 saturated carbocycles. The third kappa shape index (κ3) is 3.15. The number of aromatic nitrogens is 2. The summed E-state index contributed by atoms with van der Waals surface area (Å²) in [6.45, 7) is 1.48. The van der Waals surface area contributed by atoms with Gasteiger partial charge in [0.25, 0.3) is 5.91 Å². The molecule has 0 unspecified atom stereocenters. The van der Waals surface area contributed by atoms with Crippen molar-refractivity contribution in [2.75, 3.05) is 20.3 Å². The summed E-state index contributed by atoms with van der Waals surface area (Å²) in [5.74, 6) is 1.31. The van der Waals surface area contributed by atoms with Crippen LogP contribution < -0.4 is 5.32 Å². The molecule has 108 valence electrons. The molecule has 0 aromatic carbocycles. The zero-order valence-corrected chi connectivity index (χ0v) is 11.9. The average Bonchev–Trinajstić information content (AvgIpc) is 3.35. The lowest BCUT2D eigenvalue weighted by atomic mass is 10.0. The summed E-state index contributed by atoms with van der Waals surface area (Å²) in [6.07, 6.45) is 9.01. The Kier molecular flexibility index (Phi) is 3.70. The second-order valence-electron chi connectivity index (χ2n) is 6.04. The lowest BCUT2D eigenvalue weighted by Gasteiger charge is -2.14. The van der Waals surface area contributed by atoms with Crippen molar-refractivity contribution in [2.24, 2.45) is 5.41 Å². The molecule has 0 spiro atoms. The van der Waals surface area contributed by atoms with E-state index in [9.17, 15) is 4.79 Å². The summed E-state index contributed by atoms with van der Waals surface area (Å²) in [7, 11) is 1.73. The van der Waals surface area contributed by atoms with E-state index in [0.29, 0.717) is 23.4 Å². The quantitative estimate of drug-likeness (QED) is 0.825. The summed E-state index contributed by atoms with van der Waals surface area (Å²) < 4.78 is 5.22. The molecule has 3 rings (SSSR count). The molecular weight excluding hydrogens is 254 g/mol. The van der Waals surface area contributed by atoms with Gasteiger partial charge in [-0.3, -0.25) is 4.79 Å². The van der Waals surface area contributed by atoms with Crippen LogP contribution in [0.4, 0.5) is 0 Å². The van der Waals surface area contributed by atoms with E-state index in [1.54, 1.807) is 19.5 Å². The number of hydrogen-bond donors (Lipinski definition) is 1. The molecule has 2 aliphatic rings. The molecule has 0 bridgehead atoms. The van der Waals surface area contributed by atoms with Gasteiger partial charge in [-0.05, 0) is 37.5 Å². The van der Waals surface area contributed by atoms with Crippen molar-refractivity contribution in [1.29, 1.82) is 0 Å². The van der Waals surface area contributed by atoms with Crippen molar-refractivity contribution in [1.82, 2.24) is 15.3 Å². The minimum Gasteiger partial charge on any atom is -0.384 e. The Labute approximate surface area is 119 Å². The molecule has 20 heavy (non-hydrogen) atoms. The van der Waals surface area contributed by atoms with Crippen LogP contribution >= 0.6 is 0 Å². The van der Waals surface area contributed by atoms with Gasteiger partial charge >= 0.3 is 0 Å². The van der Waals surface area contributed by atoms with Crippen LogP contribution in [-0.4, -0.2) is 36.1 Å². The predicted molar refractivity (Wildman–Crippen MR) is 74.5 cm³/mol. The fraction of sp³-hybridized carbons (Fsp3) is 0.667. The van der Waals surface area contributed by atoms with Gasteiger partial charge in [-0.15, -0.1) is 0 Å². The van der Waals surface area contributed by atoms with E-state index < -0.39 is 0 Å². The first-order chi connectivity index (χ1) is 9.72. The highest BCUT2D eigenvalue weighted by Gasteiger charge is 2.41. The summed E-state index contributed by atoms with van der Waals surface area (Å²) in [5, 5.41) is 2.94. The lowest BCUT2D eigenvalue weighted by Crippen LogP contribution is -2.27. The van der Waals surface area contributed by atoms with Crippen molar-refractivity contribution in [3.05, 3.63) is 23.8 Å². The standard InChI is InChI=1S/C15H21N3O2/c1-20-10-15(4-5-15)6-7-16-14(19)12-8-17-13(18-9-12)11-2-3-11/h8-9,11H,2-7,10H2,1H3,(H,16,19). The molecule has 1 amide bonds. The molecule has 5 nitrogen and oxygen atoms in total. The number of nitrogens with zero attached hydrogens (tertiary/aromatic N) is 2. The van der Waals surface area contributed by atoms with E-state index in [0.717, 1.165) is 18.9 Å². The van der Waals surface area contributed by atoms with Crippen LogP contribution in [0.2, 0.25) is 0 Å². The zero-order chi connectivity index (χ0) is 14.0. The van der Waals surface area contributed by atoms with Crippen LogP contribution in [0.25, 0.3) is 0 Å². The van der Waals surface area contributed by atoms with E-state index in [1.807, 2.05) is 0 Å². The van der Waals surface area contributed by atoms with E-state index in [-0.39, 0.29) is 5.91 Å². The second-order valence-corrected chi connectivity index (χ2v) is 6.04. The molecule has 1 N–H and O–H groups in total. The third-order valence-electron chi connectivity index (χ3n) is 4.23. The summed E-state index contributed by atoms with van der Waals surface area (Å²) in [6, 6.07) is 0. The second kappa shape index (κ2) is 5.48. The minimum atomic E-state index is -0.0828. The highest BCUT2D eigenvalue weighted by molar-refractivity contribution is 5.93. The van der Waals surface area contributed by atoms with Crippen molar-refractivity contribution < 1.29 is 9.53 Å². The van der Waals surface area contributed by atoms with Gasteiger partial charge in [-0.2, -0.15) is 0 Å². The van der Waals surface area contributed by atoms with Crippen LogP contribution in [0.15, 0.2) is 12.4 Å². The summed E-state index contributed by atoms with van der Waals surface area (Å²) in [4.78, 5) is 20.5. The minimum absolute atomic E-state index is 0.0828. The Hall–Kier alpha value is -1.49. The smallest absolute Gasteiger partial charge is 0.254 e. The highest BCUT2D eigenvalue weighted by Crippen LogP contribution is 2.48. The molecule has 2 fully saturated rings. The van der Waals surface area contributed by atoms with E-state index in [1.165, 1.54) is 25.7 Å². The first kappa shape index (κ1) is 13.5. The Balaban J connectivity index is 1.46. The summed E-state index contributed by atoms with van der Waals surface area (Å²) in [5.41, 5.74) is 0.861. The number of hydrogen-bond acceptors (Lipinski definition) is 4. The lowest BCUT2D eigenvalue weighted by molar-refractivity contribution is 0.0941. The Morgan fingerprint density at radius 1 is 1.40 bits per heavy atom. The number of methoxy groups -OCH3 is 1. The van der Waals surface area contributed by atoms with Crippen LogP contribution in [0, 0.1) is 5.41 Å². The number of nitrogens with one attached hydrogen (secondary N) is 1. The van der Waals surface area contributed by atoms with Gasteiger partial charge in [0.05, 0.1) is 12.2 Å². The molecule has 0 atom stereocenters. The highest BCUT2D eigenvalue weighted by atomic mass is 16.5. The van der Waals surface area contributed by atoms with E-state index in [4.69, 9.17) is 4.74 Å². The molecule has 0 saturated heterocycles. The topological polar surface area (TPSA) is 64.1 Å². The monoisotopic (exact) mass is 275 g/mol. The van der Waals surface area contributed by atoms with Crippen molar-refractivity contribution in [2.45, 2.75) is 38.0 Å². The number of carbonyl (C=O) groups excluding carboxylic acids is 1. The molecule has 0 aliphatic heterocycles. The number of ether oxygens (including phenoxy) is 1. The molecular formula is C15H21N3O2. The maximum Gasteiger partial charge on any atom is 0.254 e. The fourth-order valence-corrected chi connectivity index (χ4v) is 2.50. The van der Waals surface area contributed by atoms with Gasteiger partial charge in [0.15, 0.2) is 0 Å². The molecule has 2 aliphatic carbocycles. The van der Waals surface area contributed by atoms with Crippen molar-refractivity contribution in [3.8, 4) is 0 Å². The number of rotatable bonds is 7. The van der Waals surface area contributed by atoms with Gasteiger partial charge in [-0.1, -0.05) is 0 Å². The van der Waals surface area contributed by atoms with Crippen molar-refractivity contribution >= 4 is 5.91 Å². The first-order valence-electron chi connectivity index (χ1n) is 7.31. The van der Waals surface area contributed by atoms with Gasteiger partial charge in [0.1, 0.15) is 5.82 Å². The fourth-order valence-electron chi connectivity index (χ4n) is 2.50. The van der Waals surface area contributed by atoms with Gasteiger partial charge < -0.3 is 10.1 Å². The first-order valence-corrected chi connectivity index (χ1v) is 7.31.